The molecule has 0 radical (unpaired) electrons. The summed E-state index contributed by atoms with van der Waals surface area (Å²) in [5.41, 5.74) is -0.0352. The first-order chi connectivity index (χ1) is 20.0. The standard InChI is InChI=1S/C28H19ClF3N5O3S2/c1-14-23(25(39)35-19-11-15(28(30,31)32)8-9-17(19)29)24(20-6-4-10-40-20)16(12-33)26(34-14)41-13-22(38)37-27-36-18-5-2-3-7-21(18)42-27/h2-11,24,34H,13H2,1H3,(H,35,39)(H,36,37,38). The lowest BCUT2D eigenvalue weighted by molar-refractivity contribution is -0.137. The first kappa shape index (κ1) is 29.2. The normalized spacial score (nSPS) is 15.4. The number of hydrogen-bond donors (Lipinski definition) is 3. The van der Waals surface area contributed by atoms with E-state index in [1.807, 2.05) is 24.3 Å². The van der Waals surface area contributed by atoms with Crippen molar-refractivity contribution in [2.75, 3.05) is 16.4 Å². The summed E-state index contributed by atoms with van der Waals surface area (Å²) >= 11 is 8.47. The number of rotatable bonds is 7. The number of allylic oxidation sites excluding steroid dienone is 2. The summed E-state index contributed by atoms with van der Waals surface area (Å²) in [7, 11) is 0. The molecule has 1 atom stereocenters. The number of carbonyl (C=O) groups is 2. The molecule has 2 aromatic heterocycles. The molecule has 0 bridgehead atoms. The Morgan fingerprint density at radius 3 is 2.67 bits per heavy atom. The van der Waals surface area contributed by atoms with Crippen LogP contribution in [0.5, 0.6) is 0 Å². The third kappa shape index (κ3) is 6.15. The molecule has 1 aliphatic rings. The zero-order valence-corrected chi connectivity index (χ0v) is 23.9. The summed E-state index contributed by atoms with van der Waals surface area (Å²) < 4.78 is 46.3. The van der Waals surface area contributed by atoms with Crippen molar-refractivity contribution in [3.8, 4) is 6.07 Å². The van der Waals surface area contributed by atoms with E-state index in [0.717, 1.165) is 40.2 Å². The average Bonchev–Trinajstić information content (AvgIpc) is 3.61. The molecule has 3 heterocycles. The fourth-order valence-electron chi connectivity index (χ4n) is 4.27. The number of nitrogens with zero attached hydrogens (tertiary/aromatic N) is 2. The van der Waals surface area contributed by atoms with Gasteiger partial charge in [-0.15, -0.1) is 0 Å². The Balaban J connectivity index is 1.39. The minimum Gasteiger partial charge on any atom is -0.468 e. The van der Waals surface area contributed by atoms with E-state index in [0.29, 0.717) is 15.9 Å². The van der Waals surface area contributed by atoms with Crippen molar-refractivity contribution in [1.82, 2.24) is 10.3 Å². The van der Waals surface area contributed by atoms with Crippen molar-refractivity contribution < 1.29 is 27.2 Å². The second kappa shape index (κ2) is 11.9. The van der Waals surface area contributed by atoms with Crippen molar-refractivity contribution in [3.05, 3.63) is 99.1 Å². The number of hydrogen-bond acceptors (Lipinski definition) is 8. The van der Waals surface area contributed by atoms with Crippen LogP contribution in [0.25, 0.3) is 10.2 Å². The highest BCUT2D eigenvalue weighted by molar-refractivity contribution is 8.03. The molecule has 1 unspecified atom stereocenters. The van der Waals surface area contributed by atoms with Gasteiger partial charge in [-0.25, -0.2) is 4.98 Å². The van der Waals surface area contributed by atoms with Gasteiger partial charge in [-0.2, -0.15) is 18.4 Å². The van der Waals surface area contributed by atoms with Crippen LogP contribution in [0.1, 0.15) is 24.2 Å². The van der Waals surface area contributed by atoms with E-state index in [9.17, 15) is 28.0 Å². The largest absolute Gasteiger partial charge is 0.468 e. The molecule has 2 aromatic carbocycles. The monoisotopic (exact) mass is 629 g/mol. The van der Waals surface area contributed by atoms with E-state index < -0.39 is 23.6 Å². The van der Waals surface area contributed by atoms with Gasteiger partial charge < -0.3 is 20.4 Å². The SMILES string of the molecule is CC1=C(C(=O)Nc2cc(C(F)(F)F)ccc2Cl)C(c2ccco2)C(C#N)=C(SCC(=O)Nc2nc3ccccc3s2)N1. The number of benzene rings is 2. The van der Waals surface area contributed by atoms with Crippen LogP contribution in [0.15, 0.2) is 87.1 Å². The van der Waals surface area contributed by atoms with Crippen LogP contribution < -0.4 is 16.0 Å². The van der Waals surface area contributed by atoms with E-state index in [-0.39, 0.29) is 39.3 Å². The topological polar surface area (TPSA) is 120 Å². The minimum atomic E-state index is -4.65. The van der Waals surface area contributed by atoms with Crippen molar-refractivity contribution >= 4 is 67.5 Å². The van der Waals surface area contributed by atoms with E-state index in [4.69, 9.17) is 16.0 Å². The number of thioether (sulfide) groups is 1. The summed E-state index contributed by atoms with van der Waals surface area (Å²) in [5.74, 6) is -1.98. The maximum atomic E-state index is 13.5. The lowest BCUT2D eigenvalue weighted by atomic mass is 9.85. The molecule has 5 rings (SSSR count). The van der Waals surface area contributed by atoms with Gasteiger partial charge in [0.2, 0.25) is 5.91 Å². The van der Waals surface area contributed by atoms with Gasteiger partial charge in [-0.05, 0) is 49.4 Å². The molecule has 0 fully saturated rings. The zero-order valence-electron chi connectivity index (χ0n) is 21.5. The molecule has 0 spiro atoms. The number of thiazole rings is 1. The number of alkyl halides is 3. The van der Waals surface area contributed by atoms with E-state index in [2.05, 4.69) is 27.0 Å². The van der Waals surface area contributed by atoms with Crippen molar-refractivity contribution in [2.45, 2.75) is 19.0 Å². The number of aromatic nitrogens is 1. The quantitative estimate of drug-likeness (QED) is 0.197. The molecular formula is C28H19ClF3N5O3S2. The number of halogens is 4. The predicted molar refractivity (Wildman–Crippen MR) is 156 cm³/mol. The Labute approximate surface area is 250 Å². The van der Waals surface area contributed by atoms with Crippen LogP contribution in [0, 0.1) is 11.3 Å². The van der Waals surface area contributed by atoms with Crippen LogP contribution in [0.3, 0.4) is 0 Å². The predicted octanol–water partition coefficient (Wildman–Crippen LogP) is 7.27. The lowest BCUT2D eigenvalue weighted by Gasteiger charge is -2.28. The molecule has 0 saturated carbocycles. The summed E-state index contributed by atoms with van der Waals surface area (Å²) in [6.07, 6.45) is -3.27. The summed E-state index contributed by atoms with van der Waals surface area (Å²) in [6.45, 7) is 1.58. The summed E-state index contributed by atoms with van der Waals surface area (Å²) in [4.78, 5) is 30.6. The fraction of sp³-hybridized carbons (Fsp3) is 0.143. The van der Waals surface area contributed by atoms with Crippen LogP contribution in [0.4, 0.5) is 24.0 Å². The molecule has 2 amide bonds. The second-order valence-corrected chi connectivity index (χ2v) is 11.4. The Morgan fingerprint density at radius 2 is 1.98 bits per heavy atom. The molecule has 214 valence electrons. The van der Waals surface area contributed by atoms with E-state index in [1.165, 1.54) is 17.6 Å². The number of nitrogens with one attached hydrogen (secondary N) is 3. The number of furan rings is 1. The highest BCUT2D eigenvalue weighted by Gasteiger charge is 2.37. The smallest absolute Gasteiger partial charge is 0.416 e. The van der Waals surface area contributed by atoms with Gasteiger partial charge in [0.15, 0.2) is 5.13 Å². The Kier molecular flexibility index (Phi) is 8.31. The Hall–Kier alpha value is -4.25. The number of dihydropyridines is 1. The zero-order chi connectivity index (χ0) is 30.0. The molecule has 0 saturated heterocycles. The molecule has 1 aliphatic heterocycles. The van der Waals surface area contributed by atoms with Gasteiger partial charge in [0, 0.05) is 5.70 Å². The van der Waals surface area contributed by atoms with E-state index in [1.54, 1.807) is 19.1 Å². The number of fused-ring (bicyclic) bond motifs is 1. The van der Waals surface area contributed by atoms with Gasteiger partial charge in [0.1, 0.15) is 5.76 Å². The number of para-hydroxylation sites is 1. The maximum absolute atomic E-state index is 13.5. The average molecular weight is 630 g/mol. The molecule has 4 aromatic rings. The molecule has 3 N–H and O–H groups in total. The van der Waals surface area contributed by atoms with Gasteiger partial charge in [0.25, 0.3) is 5.91 Å². The lowest BCUT2D eigenvalue weighted by Crippen LogP contribution is -2.31. The van der Waals surface area contributed by atoms with Gasteiger partial charge in [0.05, 0.1) is 66.7 Å². The van der Waals surface area contributed by atoms with Gasteiger partial charge in [-0.3, -0.25) is 9.59 Å². The van der Waals surface area contributed by atoms with Crippen LogP contribution in [0.2, 0.25) is 5.02 Å². The van der Waals surface area contributed by atoms with Crippen LogP contribution >= 0.6 is 34.7 Å². The summed E-state index contributed by atoms with van der Waals surface area (Å²) in [5, 5.41) is 19.0. The highest BCUT2D eigenvalue weighted by Crippen LogP contribution is 2.42. The highest BCUT2D eigenvalue weighted by atomic mass is 35.5. The molecular weight excluding hydrogens is 611 g/mol. The molecule has 0 aliphatic carbocycles. The van der Waals surface area contributed by atoms with Crippen molar-refractivity contribution in [1.29, 1.82) is 5.26 Å². The number of amides is 2. The first-order valence-electron chi connectivity index (χ1n) is 12.2. The van der Waals surface area contributed by atoms with Gasteiger partial charge in [-0.1, -0.05) is 46.8 Å². The Morgan fingerprint density at radius 1 is 1.19 bits per heavy atom. The second-order valence-electron chi connectivity index (χ2n) is 8.94. The molecule has 8 nitrogen and oxygen atoms in total. The third-order valence-electron chi connectivity index (χ3n) is 6.15. The Bertz CT molecular complexity index is 1760. The minimum absolute atomic E-state index is 0.0401. The summed E-state index contributed by atoms with van der Waals surface area (Å²) in [6, 6.07) is 15.3. The third-order valence-corrected chi connectivity index (χ3v) is 8.45. The van der Waals surface area contributed by atoms with Crippen LogP contribution in [-0.4, -0.2) is 22.6 Å². The van der Waals surface area contributed by atoms with Crippen molar-refractivity contribution in [2.24, 2.45) is 0 Å². The van der Waals surface area contributed by atoms with Crippen LogP contribution in [-0.2, 0) is 15.8 Å². The fourth-order valence-corrected chi connectivity index (χ4v) is 6.21. The molecule has 42 heavy (non-hydrogen) atoms. The first-order valence-corrected chi connectivity index (χ1v) is 14.3. The molecule has 14 heteroatoms. The van der Waals surface area contributed by atoms with E-state index >= 15 is 0 Å². The van der Waals surface area contributed by atoms with Gasteiger partial charge >= 0.3 is 6.18 Å². The number of nitriles is 1. The number of carbonyl (C=O) groups excluding carboxylic acids is 2. The van der Waals surface area contributed by atoms with Crippen molar-refractivity contribution in [3.63, 3.8) is 0 Å². The number of anilines is 2. The maximum Gasteiger partial charge on any atom is 0.416 e.